The Kier molecular flexibility index (Phi) is 8.20. The summed E-state index contributed by atoms with van der Waals surface area (Å²) in [5.74, 6) is 0.538. The van der Waals surface area contributed by atoms with Crippen molar-refractivity contribution in [2.45, 2.75) is 39.5 Å². The molecule has 1 aromatic carbocycles. The molecule has 0 spiro atoms. The van der Waals surface area contributed by atoms with Crippen molar-refractivity contribution in [3.63, 3.8) is 0 Å². The second kappa shape index (κ2) is 10.1. The van der Waals surface area contributed by atoms with Gasteiger partial charge in [0.2, 0.25) is 0 Å². The molecule has 110 valence electrons. The number of ether oxygens (including phenoxy) is 2. The summed E-state index contributed by atoms with van der Waals surface area (Å²) in [5.41, 5.74) is 0.937. The van der Waals surface area contributed by atoms with Crippen LogP contribution in [0.1, 0.15) is 45.1 Å². The molecule has 20 heavy (non-hydrogen) atoms. The molecule has 0 amide bonds. The van der Waals surface area contributed by atoms with Crippen LogP contribution in [0.3, 0.4) is 0 Å². The maximum Gasteiger partial charge on any atom is 0.330 e. The fourth-order valence-corrected chi connectivity index (χ4v) is 1.57. The highest BCUT2D eigenvalue weighted by molar-refractivity contribution is 5.87. The van der Waals surface area contributed by atoms with Gasteiger partial charge in [-0.2, -0.15) is 0 Å². The number of rotatable bonds is 9. The van der Waals surface area contributed by atoms with Crippen LogP contribution in [0, 0.1) is 0 Å². The second-order valence-corrected chi connectivity index (χ2v) is 4.63. The molecule has 3 nitrogen and oxygen atoms in total. The summed E-state index contributed by atoms with van der Waals surface area (Å²) in [5, 5.41) is 0. The molecular weight excluding hydrogens is 252 g/mol. The lowest BCUT2D eigenvalue weighted by molar-refractivity contribution is -0.137. The summed E-state index contributed by atoms with van der Waals surface area (Å²) in [6, 6.07) is 7.70. The highest BCUT2D eigenvalue weighted by atomic mass is 16.5. The molecule has 1 rings (SSSR count). The summed E-state index contributed by atoms with van der Waals surface area (Å²) in [6.45, 7) is 5.41. The Morgan fingerprint density at radius 2 is 1.90 bits per heavy atom. The third-order valence-corrected chi connectivity index (χ3v) is 2.78. The zero-order chi connectivity index (χ0) is 14.6. The van der Waals surface area contributed by atoms with Crippen LogP contribution in [0.5, 0.6) is 5.75 Å². The van der Waals surface area contributed by atoms with Gasteiger partial charge in [0.25, 0.3) is 0 Å². The molecule has 0 N–H and O–H groups in total. The van der Waals surface area contributed by atoms with E-state index in [1.54, 1.807) is 6.08 Å². The van der Waals surface area contributed by atoms with Crippen molar-refractivity contribution in [3.05, 3.63) is 35.9 Å². The third-order valence-electron chi connectivity index (χ3n) is 2.78. The number of benzene rings is 1. The first-order chi connectivity index (χ1) is 9.76. The molecule has 0 fully saturated rings. The van der Waals surface area contributed by atoms with E-state index in [0.717, 1.165) is 43.6 Å². The fraction of sp³-hybridized carbons (Fsp3) is 0.471. The van der Waals surface area contributed by atoms with E-state index in [2.05, 4.69) is 13.8 Å². The fourth-order valence-electron chi connectivity index (χ4n) is 1.57. The smallest absolute Gasteiger partial charge is 0.330 e. The molecule has 1 aromatic rings. The Morgan fingerprint density at radius 3 is 2.65 bits per heavy atom. The van der Waals surface area contributed by atoms with Crippen LogP contribution in [0.4, 0.5) is 0 Å². The maximum absolute atomic E-state index is 11.4. The predicted molar refractivity (Wildman–Crippen MR) is 81.7 cm³/mol. The highest BCUT2D eigenvalue weighted by Gasteiger charge is 1.98. The van der Waals surface area contributed by atoms with E-state index < -0.39 is 0 Å². The van der Waals surface area contributed by atoms with Crippen molar-refractivity contribution in [3.8, 4) is 5.75 Å². The van der Waals surface area contributed by atoms with Crippen LogP contribution in [0.2, 0.25) is 0 Å². The molecule has 0 radical (unpaired) electrons. The van der Waals surface area contributed by atoms with Crippen molar-refractivity contribution >= 4 is 12.0 Å². The van der Waals surface area contributed by atoms with E-state index in [-0.39, 0.29) is 5.97 Å². The van der Waals surface area contributed by atoms with Gasteiger partial charge in [-0.25, -0.2) is 4.79 Å². The summed E-state index contributed by atoms with van der Waals surface area (Å²) in [4.78, 5) is 11.4. The van der Waals surface area contributed by atoms with Gasteiger partial charge in [-0.05, 0) is 36.6 Å². The second-order valence-electron chi connectivity index (χ2n) is 4.63. The Bertz CT molecular complexity index is 424. The Hall–Kier alpha value is -1.77. The van der Waals surface area contributed by atoms with Crippen molar-refractivity contribution < 1.29 is 14.3 Å². The van der Waals surface area contributed by atoms with E-state index in [1.807, 2.05) is 24.3 Å². The first-order valence-corrected chi connectivity index (χ1v) is 7.34. The quantitative estimate of drug-likeness (QED) is 0.385. The third kappa shape index (κ3) is 6.98. The van der Waals surface area contributed by atoms with E-state index >= 15 is 0 Å². The number of hydrogen-bond donors (Lipinski definition) is 0. The molecule has 0 atom stereocenters. The lowest BCUT2D eigenvalue weighted by atomic mass is 10.2. The molecule has 0 heterocycles. The summed E-state index contributed by atoms with van der Waals surface area (Å²) in [7, 11) is 0. The van der Waals surface area contributed by atoms with Crippen LogP contribution < -0.4 is 4.74 Å². The normalized spacial score (nSPS) is 10.7. The van der Waals surface area contributed by atoms with Gasteiger partial charge < -0.3 is 9.47 Å². The van der Waals surface area contributed by atoms with Crippen LogP contribution in [0.15, 0.2) is 30.3 Å². The topological polar surface area (TPSA) is 35.5 Å². The van der Waals surface area contributed by atoms with Gasteiger partial charge in [-0.1, -0.05) is 38.8 Å². The van der Waals surface area contributed by atoms with Gasteiger partial charge in [0, 0.05) is 6.08 Å². The summed E-state index contributed by atoms with van der Waals surface area (Å²) >= 11 is 0. The van der Waals surface area contributed by atoms with Crippen LogP contribution in [-0.4, -0.2) is 19.2 Å². The molecule has 0 aromatic heterocycles. The molecule has 0 saturated heterocycles. The molecule has 3 heteroatoms. The van der Waals surface area contributed by atoms with Crippen LogP contribution in [0.25, 0.3) is 6.08 Å². The molecule has 0 aliphatic rings. The van der Waals surface area contributed by atoms with E-state index in [0.29, 0.717) is 6.61 Å². The average Bonchev–Trinajstić information content (AvgIpc) is 2.46. The minimum atomic E-state index is -0.296. The van der Waals surface area contributed by atoms with Gasteiger partial charge >= 0.3 is 5.97 Å². The molecular formula is C17H24O3. The molecule has 0 aliphatic heterocycles. The first-order valence-electron chi connectivity index (χ1n) is 7.34. The van der Waals surface area contributed by atoms with Gasteiger partial charge in [0.15, 0.2) is 0 Å². The lowest BCUT2D eigenvalue weighted by Crippen LogP contribution is -2.01. The van der Waals surface area contributed by atoms with Gasteiger partial charge in [-0.15, -0.1) is 0 Å². The zero-order valence-corrected chi connectivity index (χ0v) is 12.4. The van der Waals surface area contributed by atoms with Gasteiger partial charge in [0.05, 0.1) is 13.2 Å². The van der Waals surface area contributed by atoms with E-state index in [4.69, 9.17) is 9.47 Å². The minimum absolute atomic E-state index is 0.296. The van der Waals surface area contributed by atoms with Gasteiger partial charge in [-0.3, -0.25) is 0 Å². The predicted octanol–water partition coefficient (Wildman–Crippen LogP) is 4.22. The molecule has 0 saturated carbocycles. The number of carbonyl (C=O) groups excluding carboxylic acids is 1. The van der Waals surface area contributed by atoms with Crippen molar-refractivity contribution in [2.24, 2.45) is 0 Å². The average molecular weight is 276 g/mol. The maximum atomic E-state index is 11.4. The monoisotopic (exact) mass is 276 g/mol. The van der Waals surface area contributed by atoms with Crippen molar-refractivity contribution in [1.29, 1.82) is 0 Å². The van der Waals surface area contributed by atoms with E-state index in [9.17, 15) is 4.79 Å². The first kappa shape index (κ1) is 16.3. The largest absolute Gasteiger partial charge is 0.494 e. The molecule has 0 aliphatic carbocycles. The summed E-state index contributed by atoms with van der Waals surface area (Å²) < 4.78 is 10.7. The highest BCUT2D eigenvalue weighted by Crippen LogP contribution is 2.15. The Balaban J connectivity index is 2.46. The standard InChI is InChI=1S/C17H24O3/c1-3-5-12-19-16-9-7-8-15(14-16)10-11-17(18)20-13-6-4-2/h7-11,14H,3-6,12-13H2,1-2H3/b11-10+. The zero-order valence-electron chi connectivity index (χ0n) is 12.4. The van der Waals surface area contributed by atoms with Crippen molar-refractivity contribution in [2.75, 3.05) is 13.2 Å². The Morgan fingerprint density at radius 1 is 1.15 bits per heavy atom. The van der Waals surface area contributed by atoms with Crippen LogP contribution >= 0.6 is 0 Å². The lowest BCUT2D eigenvalue weighted by Gasteiger charge is -2.05. The SMILES string of the molecule is CCCCOC(=O)/C=C/c1cccc(OCCCC)c1. The van der Waals surface area contributed by atoms with Crippen molar-refractivity contribution in [1.82, 2.24) is 0 Å². The number of carbonyl (C=O) groups is 1. The number of hydrogen-bond acceptors (Lipinski definition) is 3. The Labute approximate surface area is 121 Å². The number of esters is 1. The summed E-state index contributed by atoms with van der Waals surface area (Å²) in [6.07, 6.45) is 7.29. The minimum Gasteiger partial charge on any atom is -0.494 e. The molecule has 0 unspecified atom stereocenters. The van der Waals surface area contributed by atoms with Gasteiger partial charge in [0.1, 0.15) is 5.75 Å². The molecule has 0 bridgehead atoms. The van der Waals surface area contributed by atoms with E-state index in [1.165, 1.54) is 6.08 Å². The number of unbranched alkanes of at least 4 members (excludes halogenated alkanes) is 2. The van der Waals surface area contributed by atoms with Crippen LogP contribution in [-0.2, 0) is 9.53 Å².